The van der Waals surface area contributed by atoms with E-state index < -0.39 is 0 Å². The number of carbonyl (C=O) groups is 3. The molecule has 166 valence electrons. The molecule has 1 unspecified atom stereocenters. The number of allylic oxidation sites excluding steroid dienone is 4. The largest absolute Gasteiger partial charge is 0.336 e. The van der Waals surface area contributed by atoms with Crippen LogP contribution in [0.4, 0.5) is 0 Å². The van der Waals surface area contributed by atoms with E-state index in [9.17, 15) is 14.4 Å². The van der Waals surface area contributed by atoms with Gasteiger partial charge in [-0.1, -0.05) is 48.6 Å². The van der Waals surface area contributed by atoms with Crippen molar-refractivity contribution < 1.29 is 14.4 Å². The number of nitrogens with zero attached hydrogens (tertiary/aromatic N) is 3. The number of hydrogen-bond acceptors (Lipinski definition) is 4. The Labute approximate surface area is 188 Å². The molecule has 1 atom stereocenters. The lowest BCUT2D eigenvalue weighted by molar-refractivity contribution is -0.136. The number of piperazine rings is 2. The number of hydrogen-bond donors (Lipinski definition) is 1. The Bertz CT molecular complexity index is 1030. The molecule has 32 heavy (non-hydrogen) atoms. The van der Waals surface area contributed by atoms with Crippen molar-refractivity contribution >= 4 is 23.8 Å². The molecule has 3 aliphatic rings. The van der Waals surface area contributed by atoms with Crippen molar-refractivity contribution in [2.24, 2.45) is 5.92 Å². The van der Waals surface area contributed by atoms with Crippen molar-refractivity contribution in [1.29, 1.82) is 0 Å². The van der Waals surface area contributed by atoms with Crippen LogP contribution < -0.4 is 5.32 Å². The van der Waals surface area contributed by atoms with Crippen molar-refractivity contribution in [3.63, 3.8) is 0 Å². The highest BCUT2D eigenvalue weighted by molar-refractivity contribution is 6.03. The fraction of sp³-hybridized carbons (Fsp3) is 0.320. The van der Waals surface area contributed by atoms with Crippen LogP contribution in [0.25, 0.3) is 6.08 Å². The van der Waals surface area contributed by atoms with Crippen LogP contribution in [0, 0.1) is 5.92 Å². The molecule has 0 aromatic heterocycles. The number of carbonyl (C=O) groups excluding carboxylic acids is 3. The molecule has 1 aromatic rings. The van der Waals surface area contributed by atoms with E-state index >= 15 is 0 Å². The highest BCUT2D eigenvalue weighted by Gasteiger charge is 2.28. The molecule has 0 saturated carbocycles. The summed E-state index contributed by atoms with van der Waals surface area (Å²) in [5.74, 6) is -0.667. The second-order valence-electron chi connectivity index (χ2n) is 8.42. The van der Waals surface area contributed by atoms with Gasteiger partial charge < -0.3 is 20.0 Å². The molecule has 1 N–H and O–H groups in total. The van der Waals surface area contributed by atoms with E-state index in [1.807, 2.05) is 59.5 Å². The molecule has 7 heteroatoms. The molecular formula is C25H28N4O3. The first kappa shape index (κ1) is 21.8. The minimum absolute atomic E-state index is 0.0150. The van der Waals surface area contributed by atoms with Gasteiger partial charge in [-0.05, 0) is 30.3 Å². The summed E-state index contributed by atoms with van der Waals surface area (Å²) in [7, 11) is 3.67. The zero-order valence-corrected chi connectivity index (χ0v) is 18.5. The molecule has 4 rings (SSSR count). The number of nitrogens with one attached hydrogen (secondary N) is 1. The highest BCUT2D eigenvalue weighted by Crippen LogP contribution is 2.28. The molecule has 7 nitrogen and oxygen atoms in total. The first-order valence-corrected chi connectivity index (χ1v) is 10.8. The first-order valence-electron chi connectivity index (χ1n) is 10.8. The SMILES string of the molecule is CN1CCN(C(=O)C2=CC(=Cc3ccccc3)C(/C=C3\NC(=O)CN(C)C3=O)C=C2)CC1. The van der Waals surface area contributed by atoms with E-state index in [0.717, 1.165) is 24.2 Å². The zero-order chi connectivity index (χ0) is 22.7. The molecule has 3 amide bonds. The lowest BCUT2D eigenvalue weighted by Gasteiger charge is -2.33. The Balaban J connectivity index is 1.65. The average Bonchev–Trinajstić information content (AvgIpc) is 2.79. The fourth-order valence-electron chi connectivity index (χ4n) is 4.03. The summed E-state index contributed by atoms with van der Waals surface area (Å²) in [6, 6.07) is 9.85. The molecule has 0 bridgehead atoms. The van der Waals surface area contributed by atoms with Crippen LogP contribution in [-0.2, 0) is 14.4 Å². The van der Waals surface area contributed by atoms with Gasteiger partial charge in [-0.2, -0.15) is 0 Å². The predicted octanol–water partition coefficient (Wildman–Crippen LogP) is 1.43. The van der Waals surface area contributed by atoms with Gasteiger partial charge in [0.2, 0.25) is 5.91 Å². The Morgan fingerprint density at radius 2 is 1.78 bits per heavy atom. The minimum atomic E-state index is -0.245. The van der Waals surface area contributed by atoms with Crippen molar-refractivity contribution in [3.05, 3.63) is 77.0 Å². The average molecular weight is 433 g/mol. The third-order valence-electron chi connectivity index (χ3n) is 5.94. The van der Waals surface area contributed by atoms with Crippen molar-refractivity contribution in [2.75, 3.05) is 46.8 Å². The van der Waals surface area contributed by atoms with E-state index in [-0.39, 0.29) is 35.9 Å². The Kier molecular flexibility index (Phi) is 6.37. The van der Waals surface area contributed by atoms with Gasteiger partial charge in [0.15, 0.2) is 0 Å². The van der Waals surface area contributed by atoms with E-state index in [1.165, 1.54) is 4.90 Å². The highest BCUT2D eigenvalue weighted by atomic mass is 16.2. The van der Waals surface area contributed by atoms with Gasteiger partial charge in [-0.15, -0.1) is 0 Å². The molecule has 0 spiro atoms. The predicted molar refractivity (Wildman–Crippen MR) is 123 cm³/mol. The summed E-state index contributed by atoms with van der Waals surface area (Å²) in [5.41, 5.74) is 2.78. The normalized spacial score (nSPS) is 24.7. The minimum Gasteiger partial charge on any atom is -0.336 e. The second-order valence-corrected chi connectivity index (χ2v) is 8.42. The van der Waals surface area contributed by atoms with Crippen LogP contribution in [0.1, 0.15) is 5.56 Å². The maximum Gasteiger partial charge on any atom is 0.270 e. The van der Waals surface area contributed by atoms with E-state index in [1.54, 1.807) is 13.1 Å². The number of rotatable bonds is 3. The van der Waals surface area contributed by atoms with Crippen LogP contribution in [0.15, 0.2) is 71.5 Å². The van der Waals surface area contributed by atoms with Gasteiger partial charge in [0, 0.05) is 44.7 Å². The molecule has 1 aromatic carbocycles. The Hall–Kier alpha value is -3.45. The van der Waals surface area contributed by atoms with Gasteiger partial charge in [0.25, 0.3) is 11.8 Å². The molecular weight excluding hydrogens is 404 g/mol. The van der Waals surface area contributed by atoms with Crippen molar-refractivity contribution in [3.8, 4) is 0 Å². The summed E-state index contributed by atoms with van der Waals surface area (Å²) in [4.78, 5) is 43.1. The topological polar surface area (TPSA) is 73.0 Å². The van der Waals surface area contributed by atoms with Crippen LogP contribution >= 0.6 is 0 Å². The first-order chi connectivity index (χ1) is 15.4. The van der Waals surface area contributed by atoms with Crippen LogP contribution in [0.3, 0.4) is 0 Å². The molecule has 2 saturated heterocycles. The molecule has 2 fully saturated rings. The van der Waals surface area contributed by atoms with Gasteiger partial charge in [-0.25, -0.2) is 0 Å². The van der Waals surface area contributed by atoms with E-state index in [0.29, 0.717) is 18.7 Å². The molecule has 0 radical (unpaired) electrons. The number of amides is 3. The van der Waals surface area contributed by atoms with E-state index in [4.69, 9.17) is 0 Å². The Morgan fingerprint density at radius 3 is 2.50 bits per heavy atom. The van der Waals surface area contributed by atoms with Crippen LogP contribution in [0.5, 0.6) is 0 Å². The fourth-order valence-corrected chi connectivity index (χ4v) is 4.03. The molecule has 2 heterocycles. The molecule has 1 aliphatic carbocycles. The maximum absolute atomic E-state index is 13.1. The second kappa shape index (κ2) is 9.36. The monoisotopic (exact) mass is 432 g/mol. The quantitative estimate of drug-likeness (QED) is 0.734. The lowest BCUT2D eigenvalue weighted by atomic mass is 9.88. The summed E-state index contributed by atoms with van der Waals surface area (Å²) in [6.07, 6.45) is 9.41. The van der Waals surface area contributed by atoms with Crippen molar-refractivity contribution in [1.82, 2.24) is 20.0 Å². The standard InChI is InChI=1S/C25H28N4O3/c1-27-10-12-29(13-11-27)24(31)20-9-8-19(16-22-25(32)28(2)17-23(30)26-22)21(15-20)14-18-6-4-3-5-7-18/h3-9,14-16,19H,10-13,17H2,1-2H3,(H,26,30)/b21-14?,22-16-. The summed E-state index contributed by atoms with van der Waals surface area (Å²) >= 11 is 0. The smallest absolute Gasteiger partial charge is 0.270 e. The summed E-state index contributed by atoms with van der Waals surface area (Å²) < 4.78 is 0. The zero-order valence-electron chi connectivity index (χ0n) is 18.5. The third-order valence-corrected chi connectivity index (χ3v) is 5.94. The summed E-state index contributed by atoms with van der Waals surface area (Å²) in [5, 5.41) is 2.69. The van der Waals surface area contributed by atoms with Crippen molar-refractivity contribution in [2.45, 2.75) is 0 Å². The van der Waals surface area contributed by atoms with Crippen LogP contribution in [0.2, 0.25) is 0 Å². The van der Waals surface area contributed by atoms with Gasteiger partial charge in [0.1, 0.15) is 5.70 Å². The van der Waals surface area contributed by atoms with Gasteiger partial charge in [0.05, 0.1) is 6.54 Å². The maximum atomic E-state index is 13.1. The lowest BCUT2D eigenvalue weighted by Crippen LogP contribution is -2.48. The summed E-state index contributed by atoms with van der Waals surface area (Å²) in [6.45, 7) is 3.18. The number of likely N-dealkylation sites (N-methyl/N-ethyl adjacent to an activating group) is 2. The van der Waals surface area contributed by atoms with E-state index in [2.05, 4.69) is 17.3 Å². The van der Waals surface area contributed by atoms with Gasteiger partial charge >= 0.3 is 0 Å². The Morgan fingerprint density at radius 1 is 1.06 bits per heavy atom. The molecule has 2 aliphatic heterocycles. The third kappa shape index (κ3) is 4.89. The number of benzene rings is 1. The van der Waals surface area contributed by atoms with Crippen LogP contribution in [-0.4, -0.2) is 79.2 Å². The van der Waals surface area contributed by atoms with Gasteiger partial charge in [-0.3, -0.25) is 14.4 Å².